The Morgan fingerprint density at radius 1 is 1.19 bits per heavy atom. The molecule has 1 aromatic heterocycles. The summed E-state index contributed by atoms with van der Waals surface area (Å²) in [6.07, 6.45) is 0. The van der Waals surface area contributed by atoms with Crippen LogP contribution in [0.2, 0.25) is 0 Å². The van der Waals surface area contributed by atoms with E-state index in [2.05, 4.69) is 10.6 Å². The van der Waals surface area contributed by atoms with Crippen LogP contribution in [-0.2, 0) is 4.79 Å². The normalized spacial score (nSPS) is 12.9. The minimum Gasteiger partial charge on any atom is -0.384 e. The van der Waals surface area contributed by atoms with E-state index in [1.54, 1.807) is 44.1 Å². The fraction of sp³-hybridized carbons (Fsp3) is 0.222. The molecule has 0 saturated carbocycles. The van der Waals surface area contributed by atoms with Crippen molar-refractivity contribution in [2.45, 2.75) is 6.92 Å². The zero-order chi connectivity index (χ0) is 19.9. The summed E-state index contributed by atoms with van der Waals surface area (Å²) >= 11 is 0. The van der Waals surface area contributed by atoms with Gasteiger partial charge in [0.05, 0.1) is 23.4 Å². The third-order valence-corrected chi connectivity index (χ3v) is 4.16. The van der Waals surface area contributed by atoms with E-state index in [-0.39, 0.29) is 29.4 Å². The smallest absolute Gasteiger partial charge is 0.262 e. The van der Waals surface area contributed by atoms with Crippen molar-refractivity contribution in [3.8, 4) is 5.69 Å². The Kier molecular flexibility index (Phi) is 4.54. The number of nitrogens with one attached hydrogen (secondary N) is 2. The minimum absolute atomic E-state index is 0.0133. The lowest BCUT2D eigenvalue weighted by molar-refractivity contribution is -0.116. The van der Waals surface area contributed by atoms with E-state index in [1.165, 1.54) is 0 Å². The van der Waals surface area contributed by atoms with Crippen molar-refractivity contribution in [2.75, 3.05) is 31.7 Å². The fourth-order valence-corrected chi connectivity index (χ4v) is 2.95. The molecule has 140 valence electrons. The average molecular weight is 369 g/mol. The second-order valence-electron chi connectivity index (χ2n) is 6.56. The van der Waals surface area contributed by atoms with E-state index in [0.717, 1.165) is 10.6 Å². The maximum Gasteiger partial charge on any atom is 0.262 e. The van der Waals surface area contributed by atoms with Gasteiger partial charge in [-0.15, -0.1) is 0 Å². The topological polar surface area (TPSA) is 127 Å². The number of carbonyl (C=O) groups excluding carboxylic acids is 3. The third-order valence-electron chi connectivity index (χ3n) is 4.16. The highest BCUT2D eigenvalue weighted by molar-refractivity contribution is 6.23. The van der Waals surface area contributed by atoms with Gasteiger partial charge in [0, 0.05) is 11.8 Å². The molecule has 0 atom stereocenters. The molecular weight excluding hydrogens is 350 g/mol. The molecule has 1 aromatic carbocycles. The van der Waals surface area contributed by atoms with Gasteiger partial charge in [-0.05, 0) is 44.8 Å². The monoisotopic (exact) mass is 369 g/mol. The van der Waals surface area contributed by atoms with E-state index in [9.17, 15) is 19.2 Å². The molecule has 2 heterocycles. The van der Waals surface area contributed by atoms with Crippen LogP contribution in [0.1, 0.15) is 26.3 Å². The van der Waals surface area contributed by atoms with Gasteiger partial charge in [0.1, 0.15) is 5.82 Å². The standard InChI is InChI=1S/C18H19N5O4/c1-9-6-10(4-5-12(9)20-13(24)8-22(2)3)23-14(25)7-11-15(16(23)19)18(27)21-17(11)26/h4-7H,8,19H2,1-3H3,(H,20,24)(H,21,26,27). The van der Waals surface area contributed by atoms with Crippen molar-refractivity contribution in [3.63, 3.8) is 0 Å². The Balaban J connectivity index is 2.01. The number of fused-ring (bicyclic) bond motifs is 1. The van der Waals surface area contributed by atoms with Crippen LogP contribution in [0.15, 0.2) is 29.1 Å². The van der Waals surface area contributed by atoms with Crippen LogP contribution in [0.4, 0.5) is 11.5 Å². The van der Waals surface area contributed by atoms with Crippen molar-refractivity contribution in [2.24, 2.45) is 0 Å². The van der Waals surface area contributed by atoms with E-state index < -0.39 is 17.4 Å². The first kappa shape index (κ1) is 18.3. The molecule has 9 heteroatoms. The summed E-state index contributed by atoms with van der Waals surface area (Å²) in [5, 5.41) is 4.92. The van der Waals surface area contributed by atoms with E-state index in [4.69, 9.17) is 5.73 Å². The lowest BCUT2D eigenvalue weighted by atomic mass is 10.1. The quantitative estimate of drug-likeness (QED) is 0.657. The Bertz CT molecular complexity index is 1040. The summed E-state index contributed by atoms with van der Waals surface area (Å²) in [5.41, 5.74) is 7.20. The van der Waals surface area contributed by atoms with Gasteiger partial charge in [-0.1, -0.05) is 0 Å². The number of rotatable bonds is 4. The molecule has 4 N–H and O–H groups in total. The second kappa shape index (κ2) is 6.69. The number of aryl methyl sites for hydroxylation is 1. The Morgan fingerprint density at radius 2 is 1.89 bits per heavy atom. The van der Waals surface area contributed by atoms with Crippen LogP contribution in [0.3, 0.4) is 0 Å². The summed E-state index contributed by atoms with van der Waals surface area (Å²) in [7, 11) is 3.58. The Hall–Kier alpha value is -3.46. The number of benzene rings is 1. The molecule has 9 nitrogen and oxygen atoms in total. The number of hydrogen-bond donors (Lipinski definition) is 3. The number of carbonyl (C=O) groups is 3. The Morgan fingerprint density at radius 3 is 2.52 bits per heavy atom. The first-order valence-corrected chi connectivity index (χ1v) is 8.16. The molecule has 0 bridgehead atoms. The number of nitrogens with zero attached hydrogens (tertiary/aromatic N) is 2. The SMILES string of the molecule is Cc1cc(-n2c(N)c3c(cc2=O)C(=O)NC3=O)ccc1NC(=O)CN(C)C. The van der Waals surface area contributed by atoms with Crippen molar-refractivity contribution in [1.82, 2.24) is 14.8 Å². The molecule has 0 fully saturated rings. The minimum atomic E-state index is -0.638. The number of imide groups is 1. The molecular formula is C18H19N5O4. The van der Waals surface area contributed by atoms with Crippen molar-refractivity contribution < 1.29 is 14.4 Å². The van der Waals surface area contributed by atoms with E-state index in [1.807, 2.05) is 0 Å². The number of anilines is 2. The predicted molar refractivity (Wildman–Crippen MR) is 100 cm³/mol. The second-order valence-corrected chi connectivity index (χ2v) is 6.56. The number of aromatic nitrogens is 1. The van der Waals surface area contributed by atoms with Crippen molar-refractivity contribution in [1.29, 1.82) is 0 Å². The maximum absolute atomic E-state index is 12.5. The van der Waals surface area contributed by atoms with Crippen molar-refractivity contribution >= 4 is 29.2 Å². The molecule has 0 radical (unpaired) electrons. The van der Waals surface area contributed by atoms with Crippen LogP contribution < -0.4 is 21.9 Å². The lowest BCUT2D eigenvalue weighted by Gasteiger charge is -2.15. The van der Waals surface area contributed by atoms with Crippen LogP contribution >= 0.6 is 0 Å². The van der Waals surface area contributed by atoms with Crippen molar-refractivity contribution in [3.05, 3.63) is 51.3 Å². The molecule has 0 aliphatic carbocycles. The Labute approximate surface area is 154 Å². The van der Waals surface area contributed by atoms with Gasteiger partial charge in [-0.25, -0.2) is 0 Å². The predicted octanol–water partition coefficient (Wildman–Crippen LogP) is 0.112. The molecule has 0 unspecified atom stereocenters. The summed E-state index contributed by atoms with van der Waals surface area (Å²) in [6.45, 7) is 2.02. The van der Waals surface area contributed by atoms with Gasteiger partial charge in [0.2, 0.25) is 5.91 Å². The third kappa shape index (κ3) is 3.32. The molecule has 1 aliphatic heterocycles. The van der Waals surface area contributed by atoms with Crippen LogP contribution in [0, 0.1) is 6.92 Å². The lowest BCUT2D eigenvalue weighted by Crippen LogP contribution is -2.27. The number of likely N-dealkylation sites (N-methyl/N-ethyl adjacent to an activating group) is 1. The first-order valence-electron chi connectivity index (χ1n) is 8.16. The molecule has 2 aromatic rings. The largest absolute Gasteiger partial charge is 0.384 e. The number of nitrogens with two attached hydrogens (primary N) is 1. The van der Waals surface area contributed by atoms with Gasteiger partial charge >= 0.3 is 0 Å². The number of nitrogen functional groups attached to an aromatic ring is 1. The fourth-order valence-electron chi connectivity index (χ4n) is 2.95. The van der Waals surface area contributed by atoms with Crippen LogP contribution in [0.25, 0.3) is 5.69 Å². The van der Waals surface area contributed by atoms with Crippen LogP contribution in [-0.4, -0.2) is 47.8 Å². The molecule has 0 saturated heterocycles. The maximum atomic E-state index is 12.5. The zero-order valence-electron chi connectivity index (χ0n) is 15.1. The highest BCUT2D eigenvalue weighted by atomic mass is 16.2. The van der Waals surface area contributed by atoms with Gasteiger partial charge < -0.3 is 16.0 Å². The summed E-state index contributed by atoms with van der Waals surface area (Å²) in [5.74, 6) is -1.54. The summed E-state index contributed by atoms with van der Waals surface area (Å²) in [6, 6.07) is 6.03. The highest BCUT2D eigenvalue weighted by Gasteiger charge is 2.31. The molecule has 1 aliphatic rings. The number of hydrogen-bond acceptors (Lipinski definition) is 6. The molecule has 3 rings (SSSR count). The molecule has 0 spiro atoms. The summed E-state index contributed by atoms with van der Waals surface area (Å²) in [4.78, 5) is 49.8. The highest BCUT2D eigenvalue weighted by Crippen LogP contribution is 2.25. The van der Waals surface area contributed by atoms with Gasteiger partial charge in [0.15, 0.2) is 0 Å². The number of amides is 3. The van der Waals surface area contributed by atoms with E-state index in [0.29, 0.717) is 16.9 Å². The average Bonchev–Trinajstić information content (AvgIpc) is 2.83. The van der Waals surface area contributed by atoms with Gasteiger partial charge in [-0.3, -0.25) is 29.1 Å². The van der Waals surface area contributed by atoms with Crippen LogP contribution in [0.5, 0.6) is 0 Å². The van der Waals surface area contributed by atoms with E-state index >= 15 is 0 Å². The first-order chi connectivity index (χ1) is 12.7. The van der Waals surface area contributed by atoms with Gasteiger partial charge in [0.25, 0.3) is 17.4 Å². The van der Waals surface area contributed by atoms with Gasteiger partial charge in [-0.2, -0.15) is 0 Å². The summed E-state index contributed by atoms with van der Waals surface area (Å²) < 4.78 is 1.16. The molecule has 3 amide bonds. The number of pyridine rings is 1. The zero-order valence-corrected chi connectivity index (χ0v) is 15.1. The molecule has 27 heavy (non-hydrogen) atoms.